The fraction of sp³-hybridized carbons (Fsp3) is 0.333. The highest BCUT2D eigenvalue weighted by molar-refractivity contribution is 6.32. The first kappa shape index (κ1) is 19.3. The average Bonchev–Trinajstić information content (AvgIpc) is 2.35. The maximum Gasteiger partial charge on any atom is 0.461 e. The summed E-state index contributed by atoms with van der Waals surface area (Å²) in [6.45, 7) is 0. The number of carbonyl (C=O) groups is 2. The van der Waals surface area contributed by atoms with Crippen LogP contribution in [0.2, 0.25) is 5.02 Å². The number of benzene rings is 1. The number of hydrogen-bond donors (Lipinski definition) is 0. The highest BCUT2D eigenvalue weighted by Crippen LogP contribution is 2.38. The molecule has 2 nitrogen and oxygen atoms in total. The Bertz CT molecular complexity index is 633. The van der Waals surface area contributed by atoms with Crippen LogP contribution < -0.4 is 0 Å². The fourth-order valence-corrected chi connectivity index (χ4v) is 1.72. The number of hydrogen-bond acceptors (Lipinski definition) is 2. The van der Waals surface area contributed by atoms with Crippen LogP contribution >= 0.6 is 11.6 Å². The molecule has 0 atom stereocenters. The maximum absolute atomic E-state index is 12.7. The highest BCUT2D eigenvalue weighted by atomic mass is 35.5. The standard InChI is InChI=1S/C12H5ClF8O2/c13-7-3-5(1-2-6(7)11(16,17)18)8(22)4-9(23)10(14,15)12(19,20)21/h1-3H,4H2. The first-order chi connectivity index (χ1) is 10.2. The third-order valence-electron chi connectivity index (χ3n) is 2.62. The van der Waals surface area contributed by atoms with Crippen molar-refractivity contribution in [2.75, 3.05) is 0 Å². The zero-order chi connectivity index (χ0) is 18.2. The molecule has 0 bridgehead atoms. The van der Waals surface area contributed by atoms with E-state index in [1.54, 1.807) is 0 Å². The summed E-state index contributed by atoms with van der Waals surface area (Å²) >= 11 is 5.27. The van der Waals surface area contributed by atoms with E-state index in [-0.39, 0.29) is 0 Å². The van der Waals surface area contributed by atoms with Crippen LogP contribution in [0.3, 0.4) is 0 Å². The van der Waals surface area contributed by atoms with Crippen LogP contribution in [0.5, 0.6) is 0 Å². The number of carbonyl (C=O) groups excluding carboxylic acids is 2. The van der Waals surface area contributed by atoms with Gasteiger partial charge in [-0.3, -0.25) is 9.59 Å². The Morgan fingerprint density at radius 1 is 0.957 bits per heavy atom. The third kappa shape index (κ3) is 4.18. The number of ketones is 2. The van der Waals surface area contributed by atoms with E-state index < -0.39 is 52.4 Å². The SMILES string of the molecule is O=C(CC(=O)C(F)(F)C(F)(F)F)c1ccc(C(F)(F)F)c(Cl)c1. The Balaban J connectivity index is 3.00. The molecule has 1 aromatic rings. The van der Waals surface area contributed by atoms with E-state index in [1.807, 2.05) is 0 Å². The second kappa shape index (κ2) is 6.06. The minimum Gasteiger partial charge on any atom is -0.294 e. The molecule has 1 aromatic carbocycles. The van der Waals surface area contributed by atoms with Gasteiger partial charge in [-0.15, -0.1) is 0 Å². The average molecular weight is 369 g/mol. The third-order valence-corrected chi connectivity index (χ3v) is 2.94. The summed E-state index contributed by atoms with van der Waals surface area (Å²) in [6.07, 6.45) is -12.9. The second-order valence-corrected chi connectivity index (χ2v) is 4.69. The van der Waals surface area contributed by atoms with Gasteiger partial charge in [0.15, 0.2) is 5.78 Å². The van der Waals surface area contributed by atoms with Crippen molar-refractivity contribution < 1.29 is 44.7 Å². The molecule has 0 saturated heterocycles. The van der Waals surface area contributed by atoms with Crippen LogP contribution in [0.15, 0.2) is 18.2 Å². The monoisotopic (exact) mass is 368 g/mol. The Morgan fingerprint density at radius 3 is 1.87 bits per heavy atom. The van der Waals surface area contributed by atoms with E-state index in [2.05, 4.69) is 0 Å². The number of Topliss-reactive ketones (excluding diaryl/α,β-unsaturated/α-hetero) is 2. The van der Waals surface area contributed by atoms with Crippen molar-refractivity contribution in [2.24, 2.45) is 0 Å². The van der Waals surface area contributed by atoms with Crippen molar-refractivity contribution in [1.29, 1.82) is 0 Å². The van der Waals surface area contributed by atoms with Gasteiger partial charge in [-0.25, -0.2) is 0 Å². The summed E-state index contributed by atoms with van der Waals surface area (Å²) in [5.41, 5.74) is -2.03. The summed E-state index contributed by atoms with van der Waals surface area (Å²) in [4.78, 5) is 22.4. The number of rotatable bonds is 4. The van der Waals surface area contributed by atoms with E-state index in [4.69, 9.17) is 11.6 Å². The van der Waals surface area contributed by atoms with Gasteiger partial charge in [-0.05, 0) is 12.1 Å². The molecule has 0 aromatic heterocycles. The number of halogens is 9. The molecule has 23 heavy (non-hydrogen) atoms. The smallest absolute Gasteiger partial charge is 0.294 e. The molecule has 0 aliphatic rings. The van der Waals surface area contributed by atoms with Crippen LogP contribution in [-0.4, -0.2) is 23.7 Å². The molecule has 0 unspecified atom stereocenters. The van der Waals surface area contributed by atoms with Gasteiger partial charge in [0.25, 0.3) is 0 Å². The Hall–Kier alpha value is -1.71. The predicted molar refractivity (Wildman–Crippen MR) is 61.4 cm³/mol. The molecule has 0 aliphatic carbocycles. The Kier molecular flexibility index (Phi) is 5.10. The molecule has 0 spiro atoms. The van der Waals surface area contributed by atoms with Crippen molar-refractivity contribution in [2.45, 2.75) is 24.7 Å². The molecule has 0 aliphatic heterocycles. The molecule has 0 N–H and O–H groups in total. The predicted octanol–water partition coefficient (Wildman–Crippen LogP) is 4.70. The molecule has 0 radical (unpaired) electrons. The highest BCUT2D eigenvalue weighted by Gasteiger charge is 2.62. The van der Waals surface area contributed by atoms with Crippen LogP contribution in [-0.2, 0) is 11.0 Å². The molecular formula is C12H5ClF8O2. The molecule has 0 amide bonds. The lowest BCUT2D eigenvalue weighted by Gasteiger charge is -2.17. The lowest BCUT2D eigenvalue weighted by atomic mass is 10.0. The van der Waals surface area contributed by atoms with Gasteiger partial charge < -0.3 is 0 Å². The van der Waals surface area contributed by atoms with Crippen molar-refractivity contribution in [1.82, 2.24) is 0 Å². The first-order valence-corrected chi connectivity index (χ1v) is 5.93. The van der Waals surface area contributed by atoms with Crippen LogP contribution in [0, 0.1) is 0 Å². The Labute approximate surface area is 128 Å². The van der Waals surface area contributed by atoms with E-state index >= 15 is 0 Å². The van der Waals surface area contributed by atoms with Gasteiger partial charge in [-0.2, -0.15) is 35.1 Å². The van der Waals surface area contributed by atoms with Gasteiger partial charge >= 0.3 is 18.3 Å². The van der Waals surface area contributed by atoms with E-state index in [1.165, 1.54) is 0 Å². The molecule has 0 saturated carbocycles. The van der Waals surface area contributed by atoms with Crippen LogP contribution in [0.1, 0.15) is 22.3 Å². The summed E-state index contributed by atoms with van der Waals surface area (Å²) < 4.78 is 98.6. The first-order valence-electron chi connectivity index (χ1n) is 5.55. The summed E-state index contributed by atoms with van der Waals surface area (Å²) in [6, 6.07) is 1.31. The number of alkyl halides is 8. The normalized spacial score (nSPS) is 13.1. The van der Waals surface area contributed by atoms with Crippen molar-refractivity contribution in [3.63, 3.8) is 0 Å². The molecule has 0 heterocycles. The van der Waals surface area contributed by atoms with E-state index in [0.717, 1.165) is 0 Å². The van der Waals surface area contributed by atoms with Gasteiger partial charge in [-0.1, -0.05) is 17.7 Å². The maximum atomic E-state index is 12.7. The molecule has 0 fully saturated rings. The lowest BCUT2D eigenvalue weighted by Crippen LogP contribution is -2.44. The van der Waals surface area contributed by atoms with E-state index in [0.29, 0.717) is 18.2 Å². The molecular weight excluding hydrogens is 364 g/mol. The van der Waals surface area contributed by atoms with Gasteiger partial charge in [0.05, 0.1) is 17.0 Å². The van der Waals surface area contributed by atoms with Crippen molar-refractivity contribution >= 4 is 23.2 Å². The zero-order valence-corrected chi connectivity index (χ0v) is 11.4. The minimum absolute atomic E-state index is 0.349. The molecule has 11 heteroatoms. The van der Waals surface area contributed by atoms with Gasteiger partial charge in [0.2, 0.25) is 5.78 Å². The quantitative estimate of drug-likeness (QED) is 0.438. The Morgan fingerprint density at radius 2 is 1.48 bits per heavy atom. The molecule has 1 rings (SSSR count). The summed E-state index contributed by atoms with van der Waals surface area (Å²) in [5.74, 6) is -9.97. The lowest BCUT2D eigenvalue weighted by molar-refractivity contribution is -0.268. The van der Waals surface area contributed by atoms with Crippen molar-refractivity contribution in [3.05, 3.63) is 34.3 Å². The minimum atomic E-state index is -6.18. The van der Waals surface area contributed by atoms with Gasteiger partial charge in [0, 0.05) is 5.56 Å². The topological polar surface area (TPSA) is 34.1 Å². The van der Waals surface area contributed by atoms with Crippen LogP contribution in [0.4, 0.5) is 35.1 Å². The van der Waals surface area contributed by atoms with Gasteiger partial charge in [0.1, 0.15) is 0 Å². The fourth-order valence-electron chi connectivity index (χ4n) is 1.44. The second-order valence-electron chi connectivity index (χ2n) is 4.29. The largest absolute Gasteiger partial charge is 0.461 e. The van der Waals surface area contributed by atoms with Crippen LogP contribution in [0.25, 0.3) is 0 Å². The zero-order valence-electron chi connectivity index (χ0n) is 10.7. The summed E-state index contributed by atoms with van der Waals surface area (Å²) in [7, 11) is 0. The van der Waals surface area contributed by atoms with E-state index in [9.17, 15) is 44.7 Å². The van der Waals surface area contributed by atoms with Crippen molar-refractivity contribution in [3.8, 4) is 0 Å². The summed E-state index contributed by atoms with van der Waals surface area (Å²) in [5, 5.41) is -0.960. The molecule has 128 valence electrons.